The van der Waals surface area contributed by atoms with E-state index in [9.17, 15) is 24.0 Å². The third-order valence-electron chi connectivity index (χ3n) is 6.29. The summed E-state index contributed by atoms with van der Waals surface area (Å²) in [4.78, 5) is 69.2. The maximum Gasteiger partial charge on any atom is 0.338 e. The molecule has 40 heavy (non-hydrogen) atoms. The van der Waals surface area contributed by atoms with E-state index in [0.29, 0.717) is 0 Å². The van der Waals surface area contributed by atoms with Crippen LogP contribution in [0.2, 0.25) is 0 Å². The van der Waals surface area contributed by atoms with Gasteiger partial charge in [0.15, 0.2) is 12.2 Å². The molecule has 12 heteroatoms. The van der Waals surface area contributed by atoms with Crippen molar-refractivity contribution in [3.63, 3.8) is 0 Å². The molecule has 1 aliphatic rings. The topological polar surface area (TPSA) is 155 Å². The maximum atomic E-state index is 13.2. The molecule has 5 atom stereocenters. The number of rotatable bonds is 9. The zero-order valence-electron chi connectivity index (χ0n) is 21.7. The van der Waals surface area contributed by atoms with Crippen LogP contribution in [-0.2, 0) is 29.5 Å². The van der Waals surface area contributed by atoms with Gasteiger partial charge in [0.1, 0.15) is 12.2 Å². The smallest absolute Gasteiger partial charge is 0.338 e. The van der Waals surface area contributed by atoms with Crippen molar-refractivity contribution < 1.29 is 33.3 Å². The number of benzene rings is 2. The number of aliphatic imine (C=N–C) groups is 1. The Labute approximate surface area is 228 Å². The van der Waals surface area contributed by atoms with Gasteiger partial charge in [-0.25, -0.2) is 14.4 Å². The number of carbonyl (C=O) groups is 3. The van der Waals surface area contributed by atoms with Crippen LogP contribution in [0.25, 0.3) is 0 Å². The second-order valence-corrected chi connectivity index (χ2v) is 9.03. The van der Waals surface area contributed by atoms with E-state index in [1.807, 2.05) is 0 Å². The molecule has 0 aliphatic carbocycles. The highest BCUT2D eigenvalue weighted by Gasteiger charge is 2.62. The normalized spacial score (nSPS) is 22.6. The summed E-state index contributed by atoms with van der Waals surface area (Å²) in [5.41, 5.74) is -3.07. The molecule has 0 spiro atoms. The summed E-state index contributed by atoms with van der Waals surface area (Å²) in [7, 11) is 0. The fourth-order valence-corrected chi connectivity index (χ4v) is 4.55. The molecule has 12 nitrogen and oxygen atoms in total. The highest BCUT2D eigenvalue weighted by Crippen LogP contribution is 2.41. The number of esters is 3. The Morgan fingerprint density at radius 1 is 1.00 bits per heavy atom. The lowest BCUT2D eigenvalue weighted by molar-refractivity contribution is -0.179. The molecule has 208 valence electrons. The lowest BCUT2D eigenvalue weighted by atomic mass is 9.99. The molecule has 3 aromatic rings. The molecule has 1 N–H and O–H groups in total. The molecule has 1 aromatic heterocycles. The zero-order chi connectivity index (χ0) is 28.9. The highest BCUT2D eigenvalue weighted by atomic mass is 16.7. The van der Waals surface area contributed by atoms with Crippen molar-refractivity contribution in [2.24, 2.45) is 4.99 Å². The Balaban J connectivity index is 1.82. The van der Waals surface area contributed by atoms with Crippen LogP contribution < -0.4 is 11.2 Å². The Morgan fingerprint density at radius 3 is 2.15 bits per heavy atom. The standard InChI is InChI=1S/C28H27N3O9/c1-17(37-25(34)19-10-6-4-7-11-19)22-23(39-26(35)20-12-8-5-9-13-20)24(38-18(2)32)28(40-22,16-29-3)31-15-14-21(33)30-27(31)36/h4-15,17,22-24H,3,16H2,1-2H3,(H,30,33,36)/t17-,22-,23-,24+,28-/m1/s1. The van der Waals surface area contributed by atoms with E-state index >= 15 is 0 Å². The van der Waals surface area contributed by atoms with Crippen LogP contribution in [0.5, 0.6) is 0 Å². The van der Waals surface area contributed by atoms with E-state index in [1.54, 1.807) is 48.5 Å². The van der Waals surface area contributed by atoms with Crippen LogP contribution in [-0.4, -0.2) is 65.1 Å². The highest BCUT2D eigenvalue weighted by molar-refractivity contribution is 5.90. The van der Waals surface area contributed by atoms with Gasteiger partial charge in [-0.15, -0.1) is 0 Å². The fraction of sp³-hybridized carbons (Fsp3) is 0.286. The van der Waals surface area contributed by atoms with Crippen LogP contribution in [0, 0.1) is 0 Å². The van der Waals surface area contributed by atoms with E-state index in [-0.39, 0.29) is 17.7 Å². The lowest BCUT2D eigenvalue weighted by Crippen LogP contribution is -2.55. The summed E-state index contributed by atoms with van der Waals surface area (Å²) in [6, 6.07) is 17.3. The first-order chi connectivity index (χ1) is 19.2. The van der Waals surface area contributed by atoms with Gasteiger partial charge in [0.05, 0.1) is 17.7 Å². The second kappa shape index (κ2) is 11.9. The number of aromatic nitrogens is 2. The molecule has 1 fully saturated rings. The van der Waals surface area contributed by atoms with Gasteiger partial charge < -0.3 is 18.9 Å². The van der Waals surface area contributed by atoms with Crippen molar-refractivity contribution in [3.8, 4) is 0 Å². The SMILES string of the molecule is C=NC[C@@]1(n2ccc(=O)[nH]c2=O)O[C@H]([C@@H](C)OC(=O)c2ccccc2)[C@@H](OC(=O)c2ccccc2)[C@@H]1OC(C)=O. The van der Waals surface area contributed by atoms with Gasteiger partial charge in [0.25, 0.3) is 5.56 Å². The van der Waals surface area contributed by atoms with Crippen molar-refractivity contribution in [2.45, 2.75) is 44.0 Å². The molecule has 1 saturated heterocycles. The van der Waals surface area contributed by atoms with E-state index in [1.165, 1.54) is 19.1 Å². The van der Waals surface area contributed by atoms with Gasteiger partial charge >= 0.3 is 23.6 Å². The molecular weight excluding hydrogens is 522 g/mol. The number of ether oxygens (including phenoxy) is 4. The summed E-state index contributed by atoms with van der Waals surface area (Å²) in [5.74, 6) is -2.25. The Kier molecular flexibility index (Phi) is 8.39. The van der Waals surface area contributed by atoms with Gasteiger partial charge in [-0.2, -0.15) is 0 Å². The second-order valence-electron chi connectivity index (χ2n) is 9.03. The van der Waals surface area contributed by atoms with Crippen LogP contribution in [0.1, 0.15) is 34.6 Å². The number of aromatic amines is 1. The quantitative estimate of drug-likeness (QED) is 0.238. The molecule has 1 aliphatic heterocycles. The Bertz CT molecular complexity index is 1500. The van der Waals surface area contributed by atoms with Gasteiger partial charge in [0, 0.05) is 19.2 Å². The fourth-order valence-electron chi connectivity index (χ4n) is 4.55. The predicted octanol–water partition coefficient (Wildman–Crippen LogP) is 1.69. The minimum atomic E-state index is -1.94. The lowest BCUT2D eigenvalue weighted by Gasteiger charge is -2.34. The number of nitrogens with one attached hydrogen (secondary N) is 1. The van der Waals surface area contributed by atoms with Crippen LogP contribution in [0.3, 0.4) is 0 Å². The first-order valence-corrected chi connectivity index (χ1v) is 12.3. The zero-order valence-corrected chi connectivity index (χ0v) is 21.7. The van der Waals surface area contributed by atoms with E-state index < -0.39 is 59.3 Å². The van der Waals surface area contributed by atoms with Gasteiger partial charge in [0.2, 0.25) is 5.72 Å². The van der Waals surface area contributed by atoms with Gasteiger partial charge in [-0.3, -0.25) is 24.1 Å². The van der Waals surface area contributed by atoms with Crippen LogP contribution in [0.4, 0.5) is 0 Å². The van der Waals surface area contributed by atoms with Crippen molar-refractivity contribution >= 4 is 24.6 Å². The van der Waals surface area contributed by atoms with Crippen LogP contribution in [0.15, 0.2) is 87.5 Å². The number of hydrogen-bond donors (Lipinski definition) is 1. The van der Waals surface area contributed by atoms with Crippen molar-refractivity contribution in [3.05, 3.63) is 105 Å². The monoisotopic (exact) mass is 549 g/mol. The minimum Gasteiger partial charge on any atom is -0.456 e. The van der Waals surface area contributed by atoms with Crippen molar-refractivity contribution in [1.82, 2.24) is 9.55 Å². The molecule has 0 saturated carbocycles. The number of carbonyl (C=O) groups excluding carboxylic acids is 3. The summed E-state index contributed by atoms with van der Waals surface area (Å²) in [6.07, 6.45) is -4.08. The third-order valence-corrected chi connectivity index (χ3v) is 6.29. The number of H-pyrrole nitrogens is 1. The Morgan fingerprint density at radius 2 is 1.60 bits per heavy atom. The van der Waals surface area contributed by atoms with Crippen molar-refractivity contribution in [2.75, 3.05) is 6.54 Å². The van der Waals surface area contributed by atoms with Gasteiger partial charge in [-0.05, 0) is 37.9 Å². The molecule has 2 aromatic carbocycles. The largest absolute Gasteiger partial charge is 0.456 e. The van der Waals surface area contributed by atoms with E-state index in [2.05, 4.69) is 16.7 Å². The third kappa shape index (κ3) is 5.76. The Hall–Kier alpha value is -4.84. The first-order valence-electron chi connectivity index (χ1n) is 12.3. The molecular formula is C28H27N3O9. The molecule has 0 amide bonds. The molecule has 4 rings (SSSR count). The molecule has 0 unspecified atom stereocenters. The number of hydrogen-bond acceptors (Lipinski definition) is 10. The molecule has 0 radical (unpaired) electrons. The molecule has 2 heterocycles. The van der Waals surface area contributed by atoms with Gasteiger partial charge in [-0.1, -0.05) is 36.4 Å². The van der Waals surface area contributed by atoms with Crippen molar-refractivity contribution in [1.29, 1.82) is 0 Å². The number of nitrogens with zero attached hydrogens (tertiary/aromatic N) is 2. The predicted molar refractivity (Wildman–Crippen MR) is 141 cm³/mol. The minimum absolute atomic E-state index is 0.192. The average molecular weight is 550 g/mol. The summed E-state index contributed by atoms with van der Waals surface area (Å²) >= 11 is 0. The van der Waals surface area contributed by atoms with Crippen LogP contribution >= 0.6 is 0 Å². The van der Waals surface area contributed by atoms with E-state index in [0.717, 1.165) is 23.8 Å². The summed E-state index contributed by atoms with van der Waals surface area (Å²) in [5, 5.41) is 0. The molecule has 0 bridgehead atoms. The first kappa shape index (κ1) is 28.2. The average Bonchev–Trinajstić information content (AvgIpc) is 3.22. The maximum absolute atomic E-state index is 13.2. The summed E-state index contributed by atoms with van der Waals surface area (Å²) < 4.78 is 24.4. The summed E-state index contributed by atoms with van der Waals surface area (Å²) in [6.45, 7) is 5.76. The van der Waals surface area contributed by atoms with E-state index in [4.69, 9.17) is 18.9 Å².